The van der Waals surface area contributed by atoms with Crippen LogP contribution in [0.15, 0.2) is 29.1 Å². The Balaban J connectivity index is 2.28. The van der Waals surface area contributed by atoms with E-state index in [4.69, 9.17) is 5.11 Å². The Morgan fingerprint density at radius 2 is 2.00 bits per heavy atom. The molecule has 0 saturated heterocycles. The molecule has 0 aliphatic carbocycles. The van der Waals surface area contributed by atoms with Gasteiger partial charge in [-0.15, -0.1) is 0 Å². The Morgan fingerprint density at radius 3 is 2.55 bits per heavy atom. The lowest BCUT2D eigenvalue weighted by Gasteiger charge is -2.06. The Labute approximate surface area is 114 Å². The van der Waals surface area contributed by atoms with Crippen molar-refractivity contribution in [2.75, 3.05) is 0 Å². The van der Waals surface area contributed by atoms with E-state index >= 15 is 0 Å². The van der Waals surface area contributed by atoms with Crippen molar-refractivity contribution in [2.24, 2.45) is 0 Å². The molecule has 0 fully saturated rings. The maximum Gasteiger partial charge on any atom is 0.308 e. The number of benzene rings is 1. The number of carboxylic acid groups (broad SMARTS) is 1. The lowest BCUT2D eigenvalue weighted by molar-refractivity contribution is -0.136. The van der Waals surface area contributed by atoms with E-state index in [0.717, 1.165) is 5.56 Å². The number of aromatic amines is 1. The number of H-pyrrole nitrogens is 1. The summed E-state index contributed by atoms with van der Waals surface area (Å²) in [6.45, 7) is 1.60. The predicted octanol–water partition coefficient (Wildman–Crippen LogP) is 1.44. The first-order valence-electron chi connectivity index (χ1n) is 6.00. The van der Waals surface area contributed by atoms with Crippen LogP contribution in [0.2, 0.25) is 0 Å². The van der Waals surface area contributed by atoms with Gasteiger partial charge in [0.25, 0.3) is 5.56 Å². The molecule has 0 bridgehead atoms. The minimum absolute atomic E-state index is 0.153. The number of carboxylic acids is 1. The lowest BCUT2D eigenvalue weighted by atomic mass is 10.1. The zero-order valence-corrected chi connectivity index (χ0v) is 10.8. The molecule has 104 valence electrons. The van der Waals surface area contributed by atoms with Crippen LogP contribution in [0.1, 0.15) is 22.6 Å². The van der Waals surface area contributed by atoms with Gasteiger partial charge in [-0.3, -0.25) is 9.59 Å². The second-order valence-electron chi connectivity index (χ2n) is 4.45. The van der Waals surface area contributed by atoms with Crippen molar-refractivity contribution in [1.29, 1.82) is 0 Å². The third kappa shape index (κ3) is 3.28. The molecule has 6 heteroatoms. The van der Waals surface area contributed by atoms with Crippen LogP contribution >= 0.6 is 0 Å². The van der Waals surface area contributed by atoms with Gasteiger partial charge in [0.1, 0.15) is 11.6 Å². The number of nitrogens with zero attached hydrogens (tertiary/aromatic N) is 1. The average molecular weight is 276 g/mol. The number of nitrogens with one attached hydrogen (secondary N) is 1. The third-order valence-electron chi connectivity index (χ3n) is 2.88. The summed E-state index contributed by atoms with van der Waals surface area (Å²) < 4.78 is 12.8. The van der Waals surface area contributed by atoms with E-state index in [1.54, 1.807) is 19.1 Å². The van der Waals surface area contributed by atoms with Crippen molar-refractivity contribution in [3.63, 3.8) is 0 Å². The van der Waals surface area contributed by atoms with E-state index in [-0.39, 0.29) is 17.8 Å². The summed E-state index contributed by atoms with van der Waals surface area (Å²) in [5, 5.41) is 8.73. The Kier molecular flexibility index (Phi) is 3.93. The first-order chi connectivity index (χ1) is 9.45. The largest absolute Gasteiger partial charge is 0.481 e. The maximum atomic E-state index is 12.8. The van der Waals surface area contributed by atoms with Crippen LogP contribution in [0.3, 0.4) is 0 Å². The standard InChI is InChI=1S/C14H13FN2O3/c1-8-11(7-13(18)19)14(20)17-12(16-8)6-9-2-4-10(15)5-3-9/h2-5H,6-7H2,1H3,(H,18,19)(H,16,17,20). The second kappa shape index (κ2) is 5.64. The molecule has 2 rings (SSSR count). The first-order valence-corrected chi connectivity index (χ1v) is 6.00. The normalized spacial score (nSPS) is 10.5. The highest BCUT2D eigenvalue weighted by atomic mass is 19.1. The number of aryl methyl sites for hydroxylation is 1. The number of hydrogen-bond donors (Lipinski definition) is 2. The van der Waals surface area contributed by atoms with Gasteiger partial charge < -0.3 is 10.1 Å². The Hall–Kier alpha value is -2.50. The van der Waals surface area contributed by atoms with Gasteiger partial charge in [-0.1, -0.05) is 12.1 Å². The zero-order valence-electron chi connectivity index (χ0n) is 10.8. The first kappa shape index (κ1) is 13.9. The smallest absolute Gasteiger partial charge is 0.308 e. The summed E-state index contributed by atoms with van der Waals surface area (Å²) in [4.78, 5) is 29.2. The summed E-state index contributed by atoms with van der Waals surface area (Å²) in [5.74, 6) is -0.983. The number of halogens is 1. The lowest BCUT2D eigenvalue weighted by Crippen LogP contribution is -2.21. The molecule has 0 saturated carbocycles. The molecule has 2 aromatic rings. The molecule has 0 atom stereocenters. The number of aromatic nitrogens is 2. The highest BCUT2D eigenvalue weighted by molar-refractivity contribution is 5.70. The topological polar surface area (TPSA) is 83.0 Å². The van der Waals surface area contributed by atoms with Crippen LogP contribution in [0.25, 0.3) is 0 Å². The summed E-state index contributed by atoms with van der Waals surface area (Å²) >= 11 is 0. The molecule has 0 radical (unpaired) electrons. The van der Waals surface area contributed by atoms with Crippen LogP contribution in [0.4, 0.5) is 4.39 Å². The van der Waals surface area contributed by atoms with Gasteiger partial charge in [-0.05, 0) is 24.6 Å². The summed E-state index contributed by atoms with van der Waals surface area (Å²) in [6, 6.07) is 5.88. The molecule has 0 spiro atoms. The second-order valence-corrected chi connectivity index (χ2v) is 4.45. The highest BCUT2D eigenvalue weighted by Gasteiger charge is 2.11. The van der Waals surface area contributed by atoms with Crippen LogP contribution in [-0.2, 0) is 17.6 Å². The molecule has 5 nitrogen and oxygen atoms in total. The summed E-state index contributed by atoms with van der Waals surface area (Å²) in [6.07, 6.45) is -0.00525. The van der Waals surface area contributed by atoms with Gasteiger partial charge in [-0.2, -0.15) is 0 Å². The number of carbonyl (C=O) groups is 1. The molecule has 1 aromatic heterocycles. The molecular weight excluding hydrogens is 263 g/mol. The van der Waals surface area contributed by atoms with Crippen molar-refractivity contribution in [1.82, 2.24) is 9.97 Å². The fourth-order valence-electron chi connectivity index (χ4n) is 1.91. The Morgan fingerprint density at radius 1 is 1.35 bits per heavy atom. The molecule has 2 N–H and O–H groups in total. The summed E-state index contributed by atoms with van der Waals surface area (Å²) in [7, 11) is 0. The highest BCUT2D eigenvalue weighted by Crippen LogP contribution is 2.08. The van der Waals surface area contributed by atoms with Gasteiger partial charge in [0.15, 0.2) is 0 Å². The van der Waals surface area contributed by atoms with Gasteiger partial charge in [0, 0.05) is 17.7 Å². The van der Waals surface area contributed by atoms with Crippen LogP contribution < -0.4 is 5.56 Å². The Bertz CT molecular complexity index is 693. The SMILES string of the molecule is Cc1nc(Cc2ccc(F)cc2)[nH]c(=O)c1CC(=O)O. The molecule has 1 aromatic carbocycles. The predicted molar refractivity (Wildman–Crippen MR) is 70.1 cm³/mol. The van der Waals surface area contributed by atoms with E-state index in [2.05, 4.69) is 9.97 Å². The number of rotatable bonds is 4. The zero-order chi connectivity index (χ0) is 14.7. The van der Waals surface area contributed by atoms with Crippen molar-refractivity contribution in [3.05, 3.63) is 63.1 Å². The van der Waals surface area contributed by atoms with Crippen LogP contribution in [0, 0.1) is 12.7 Å². The average Bonchev–Trinajstić information content (AvgIpc) is 2.36. The summed E-state index contributed by atoms with van der Waals surface area (Å²) in [5.41, 5.74) is 0.908. The van der Waals surface area contributed by atoms with Crippen LogP contribution in [-0.4, -0.2) is 21.0 Å². The van der Waals surface area contributed by atoms with E-state index in [1.807, 2.05) is 0 Å². The van der Waals surface area contributed by atoms with Crippen molar-refractivity contribution in [2.45, 2.75) is 19.8 Å². The minimum Gasteiger partial charge on any atom is -0.481 e. The van der Waals surface area contributed by atoms with Crippen LogP contribution in [0.5, 0.6) is 0 Å². The van der Waals surface area contributed by atoms with Gasteiger partial charge in [0.2, 0.25) is 0 Å². The number of hydrogen-bond acceptors (Lipinski definition) is 3. The number of aliphatic carboxylic acids is 1. The minimum atomic E-state index is -1.08. The van der Waals surface area contributed by atoms with Crippen molar-refractivity contribution < 1.29 is 14.3 Å². The molecule has 1 heterocycles. The fourth-order valence-corrected chi connectivity index (χ4v) is 1.91. The third-order valence-corrected chi connectivity index (χ3v) is 2.88. The van der Waals surface area contributed by atoms with Gasteiger partial charge in [-0.25, -0.2) is 9.37 Å². The van der Waals surface area contributed by atoms with Gasteiger partial charge >= 0.3 is 5.97 Å². The van der Waals surface area contributed by atoms with Crippen molar-refractivity contribution >= 4 is 5.97 Å². The van der Waals surface area contributed by atoms with Crippen molar-refractivity contribution in [3.8, 4) is 0 Å². The van der Waals surface area contributed by atoms with E-state index in [9.17, 15) is 14.0 Å². The van der Waals surface area contributed by atoms with E-state index in [1.165, 1.54) is 12.1 Å². The molecule has 0 aliphatic rings. The molecule has 0 amide bonds. The monoisotopic (exact) mass is 276 g/mol. The molecule has 0 aliphatic heterocycles. The molecule has 20 heavy (non-hydrogen) atoms. The van der Waals surface area contributed by atoms with E-state index in [0.29, 0.717) is 17.9 Å². The van der Waals surface area contributed by atoms with E-state index < -0.39 is 11.5 Å². The molecular formula is C14H13FN2O3. The maximum absolute atomic E-state index is 12.8. The van der Waals surface area contributed by atoms with Gasteiger partial charge in [0.05, 0.1) is 6.42 Å². The quantitative estimate of drug-likeness (QED) is 0.885. The molecule has 0 unspecified atom stereocenters. The fraction of sp³-hybridized carbons (Fsp3) is 0.214.